The van der Waals surface area contributed by atoms with Crippen molar-refractivity contribution >= 4 is 15.9 Å². The fourth-order valence-electron chi connectivity index (χ4n) is 0.646. The van der Waals surface area contributed by atoms with Crippen LogP contribution >= 0.6 is 15.9 Å². The van der Waals surface area contributed by atoms with Crippen LogP contribution in [-0.2, 0) is 0 Å². The number of rotatable bonds is 0. The quantitative estimate of drug-likeness (QED) is 0.507. The zero-order chi connectivity index (χ0) is 8.10. The van der Waals surface area contributed by atoms with Gasteiger partial charge in [0.1, 0.15) is 0 Å². The van der Waals surface area contributed by atoms with Crippen LogP contribution in [0.5, 0.6) is 0 Å². The lowest BCUT2D eigenvalue weighted by Crippen LogP contribution is -1.97. The summed E-state index contributed by atoms with van der Waals surface area (Å²) in [5.41, 5.74) is 0.625. The van der Waals surface area contributed by atoms with Crippen LogP contribution in [0.15, 0.2) is 23.1 Å². The average molecular weight is 212 g/mol. The van der Waals surface area contributed by atoms with Crippen LogP contribution in [-0.4, -0.2) is 10.3 Å². The van der Waals surface area contributed by atoms with Crippen LogP contribution in [0.1, 0.15) is 5.69 Å². The minimum absolute atomic E-state index is 0.0253. The minimum atomic E-state index is -0.0253. The van der Waals surface area contributed by atoms with E-state index in [1.807, 2.05) is 0 Å². The summed E-state index contributed by atoms with van der Waals surface area (Å²) in [4.78, 5) is 13.6. The van der Waals surface area contributed by atoms with Gasteiger partial charge in [0.05, 0.1) is 11.0 Å². The molecule has 1 N–H and O–H groups in total. The number of H-pyrrole nitrogens is 1. The molecule has 0 saturated carbocycles. The summed E-state index contributed by atoms with van der Waals surface area (Å²) in [6.45, 7) is 0. The van der Waals surface area contributed by atoms with Crippen molar-refractivity contribution in [1.82, 2.24) is 4.98 Å². The Hall–Kier alpha value is -1.01. The van der Waals surface area contributed by atoms with E-state index in [0.717, 1.165) is 0 Å². The van der Waals surface area contributed by atoms with Gasteiger partial charge in [0.25, 0.3) is 0 Å². The Morgan fingerprint density at radius 1 is 1.64 bits per heavy atom. The molecule has 0 bridgehead atoms. The number of hydrogen-bond donors (Lipinski definition) is 1. The first-order valence-electron chi connectivity index (χ1n) is 3.06. The normalized spacial score (nSPS) is 8.45. The van der Waals surface area contributed by atoms with Gasteiger partial charge in [0.2, 0.25) is 0 Å². The molecule has 0 fully saturated rings. The van der Waals surface area contributed by atoms with Crippen molar-refractivity contribution in [2.75, 3.05) is 5.33 Å². The Morgan fingerprint density at radius 2 is 2.45 bits per heavy atom. The molecule has 2 nitrogen and oxygen atoms in total. The van der Waals surface area contributed by atoms with Gasteiger partial charge >= 0.3 is 0 Å². The van der Waals surface area contributed by atoms with Gasteiger partial charge in [-0.25, -0.2) is 0 Å². The van der Waals surface area contributed by atoms with Crippen LogP contribution in [0.2, 0.25) is 0 Å². The van der Waals surface area contributed by atoms with Gasteiger partial charge in [-0.2, -0.15) is 0 Å². The molecule has 0 aromatic carbocycles. The van der Waals surface area contributed by atoms with Crippen molar-refractivity contribution in [2.24, 2.45) is 0 Å². The monoisotopic (exact) mass is 211 g/mol. The molecule has 1 heterocycles. The molecule has 0 radical (unpaired) electrons. The third-order valence-electron chi connectivity index (χ3n) is 1.06. The Bertz CT molecular complexity index is 345. The second-order valence-corrected chi connectivity index (χ2v) is 2.43. The van der Waals surface area contributed by atoms with Gasteiger partial charge in [-0.15, -0.1) is 0 Å². The molecule has 0 atom stereocenters. The van der Waals surface area contributed by atoms with Crippen molar-refractivity contribution in [2.45, 2.75) is 0 Å². The highest BCUT2D eigenvalue weighted by Gasteiger charge is 1.84. The van der Waals surface area contributed by atoms with Gasteiger partial charge in [-0.1, -0.05) is 21.9 Å². The lowest BCUT2D eigenvalue weighted by Gasteiger charge is -1.85. The van der Waals surface area contributed by atoms with E-state index in [4.69, 9.17) is 0 Å². The first kappa shape index (κ1) is 8.09. The average Bonchev–Trinajstić information content (AvgIpc) is 2.01. The van der Waals surface area contributed by atoms with Crippen molar-refractivity contribution in [1.29, 1.82) is 0 Å². The van der Waals surface area contributed by atoms with Crippen molar-refractivity contribution in [3.63, 3.8) is 0 Å². The van der Waals surface area contributed by atoms with Crippen molar-refractivity contribution < 1.29 is 0 Å². The standard InChI is InChI=1S/C8H6BrNO/c9-4-1-2-7-6-8(11)3-5-10-7/h3,5-6H,4H2,(H,10,11). The lowest BCUT2D eigenvalue weighted by molar-refractivity contribution is 1.26. The van der Waals surface area contributed by atoms with Crippen LogP contribution in [0.3, 0.4) is 0 Å². The Kier molecular flexibility index (Phi) is 2.94. The molecule has 3 heteroatoms. The minimum Gasteiger partial charge on any atom is -0.355 e. The second-order valence-electron chi connectivity index (χ2n) is 1.87. The maximum atomic E-state index is 10.8. The summed E-state index contributed by atoms with van der Waals surface area (Å²) in [7, 11) is 0. The maximum absolute atomic E-state index is 10.8. The largest absolute Gasteiger partial charge is 0.355 e. The van der Waals surface area contributed by atoms with E-state index in [2.05, 4.69) is 32.8 Å². The smallest absolute Gasteiger partial charge is 0.182 e. The molecule has 56 valence electrons. The third-order valence-corrected chi connectivity index (χ3v) is 1.34. The fraction of sp³-hybridized carbons (Fsp3) is 0.125. The molecule has 1 aromatic rings. The number of halogens is 1. The van der Waals surface area contributed by atoms with E-state index in [1.165, 1.54) is 12.1 Å². The third kappa shape index (κ3) is 2.60. The highest BCUT2D eigenvalue weighted by molar-refractivity contribution is 9.09. The summed E-state index contributed by atoms with van der Waals surface area (Å²) in [5, 5.41) is 0.615. The molecule has 0 saturated heterocycles. The summed E-state index contributed by atoms with van der Waals surface area (Å²) in [6.07, 6.45) is 1.58. The van der Waals surface area contributed by atoms with E-state index in [0.29, 0.717) is 11.0 Å². The first-order chi connectivity index (χ1) is 5.33. The molecular formula is C8H6BrNO. The van der Waals surface area contributed by atoms with Crippen LogP contribution < -0.4 is 5.43 Å². The molecule has 1 aromatic heterocycles. The first-order valence-corrected chi connectivity index (χ1v) is 4.18. The summed E-state index contributed by atoms with van der Waals surface area (Å²) in [6, 6.07) is 2.93. The van der Waals surface area contributed by atoms with E-state index in [1.54, 1.807) is 6.20 Å². The molecule has 0 aliphatic carbocycles. The number of nitrogens with one attached hydrogen (secondary N) is 1. The highest BCUT2D eigenvalue weighted by Crippen LogP contribution is 1.84. The lowest BCUT2D eigenvalue weighted by atomic mass is 10.3. The number of hydrogen-bond acceptors (Lipinski definition) is 1. The van der Waals surface area contributed by atoms with Gasteiger partial charge in [-0.05, 0) is 5.92 Å². The fourth-order valence-corrected chi connectivity index (χ4v) is 0.787. The molecule has 0 spiro atoms. The van der Waals surface area contributed by atoms with Crippen molar-refractivity contribution in [3.8, 4) is 11.8 Å². The van der Waals surface area contributed by atoms with Crippen LogP contribution in [0.4, 0.5) is 0 Å². The Labute approximate surface area is 72.8 Å². The van der Waals surface area contributed by atoms with Crippen LogP contribution in [0, 0.1) is 11.8 Å². The number of alkyl halides is 1. The van der Waals surface area contributed by atoms with Crippen molar-refractivity contribution in [3.05, 3.63) is 34.2 Å². The highest BCUT2D eigenvalue weighted by atomic mass is 79.9. The maximum Gasteiger partial charge on any atom is 0.182 e. The van der Waals surface area contributed by atoms with Gasteiger partial charge in [0.15, 0.2) is 5.43 Å². The number of aromatic amines is 1. The predicted molar refractivity (Wildman–Crippen MR) is 47.7 cm³/mol. The van der Waals surface area contributed by atoms with E-state index in [9.17, 15) is 4.79 Å². The summed E-state index contributed by atoms with van der Waals surface area (Å²) < 4.78 is 0. The summed E-state index contributed by atoms with van der Waals surface area (Å²) in [5.74, 6) is 5.57. The molecule has 11 heavy (non-hydrogen) atoms. The molecule has 1 rings (SSSR count). The Morgan fingerprint density at radius 3 is 3.09 bits per heavy atom. The van der Waals surface area contributed by atoms with E-state index >= 15 is 0 Å². The molecule has 0 unspecified atom stereocenters. The van der Waals surface area contributed by atoms with E-state index < -0.39 is 0 Å². The SMILES string of the molecule is O=c1cc[nH]c(C#CCBr)c1. The predicted octanol–water partition coefficient (Wildman–Crippen LogP) is 1.12. The molecular weight excluding hydrogens is 206 g/mol. The number of aromatic nitrogens is 1. The molecule has 0 aliphatic heterocycles. The summed E-state index contributed by atoms with van der Waals surface area (Å²) >= 11 is 3.16. The molecule has 0 aliphatic rings. The number of pyridine rings is 1. The topological polar surface area (TPSA) is 32.9 Å². The van der Waals surface area contributed by atoms with Gasteiger partial charge in [-0.3, -0.25) is 4.79 Å². The van der Waals surface area contributed by atoms with Crippen LogP contribution in [0.25, 0.3) is 0 Å². The second kappa shape index (κ2) is 3.99. The van der Waals surface area contributed by atoms with E-state index in [-0.39, 0.29) is 5.43 Å². The molecule has 0 amide bonds. The Balaban J connectivity index is 2.97. The van der Waals surface area contributed by atoms with Gasteiger partial charge in [0, 0.05) is 18.3 Å². The zero-order valence-corrected chi connectivity index (χ0v) is 7.31. The zero-order valence-electron chi connectivity index (χ0n) is 5.73. The van der Waals surface area contributed by atoms with Gasteiger partial charge < -0.3 is 4.98 Å².